The van der Waals surface area contributed by atoms with Crippen molar-refractivity contribution in [3.05, 3.63) is 52.0 Å². The quantitative estimate of drug-likeness (QED) is 0.777. The number of carboxylic acids is 1. The summed E-state index contributed by atoms with van der Waals surface area (Å²) < 4.78 is 10.8. The summed E-state index contributed by atoms with van der Waals surface area (Å²) in [5, 5.41) is 12.9. The average molecular weight is 350 g/mol. The van der Waals surface area contributed by atoms with Crippen LogP contribution in [0.4, 0.5) is 5.69 Å². The van der Waals surface area contributed by atoms with Crippen molar-refractivity contribution < 1.29 is 19.4 Å². The van der Waals surface area contributed by atoms with Crippen LogP contribution in [0.5, 0.6) is 11.5 Å². The van der Waals surface area contributed by atoms with Gasteiger partial charge in [-0.1, -0.05) is 17.7 Å². The summed E-state index contributed by atoms with van der Waals surface area (Å²) in [7, 11) is 1.56. The molecule has 2 rings (SSSR count). The highest BCUT2D eigenvalue weighted by Crippen LogP contribution is 2.34. The second kappa shape index (κ2) is 7.93. The van der Waals surface area contributed by atoms with E-state index in [2.05, 4.69) is 5.32 Å². The molecule has 0 radical (unpaired) electrons. The number of nitrogens with one attached hydrogen (secondary N) is 1. The highest BCUT2D eigenvalue weighted by Gasteiger charge is 2.11. The largest absolute Gasteiger partial charge is 0.493 e. The van der Waals surface area contributed by atoms with Crippen molar-refractivity contribution in [1.29, 1.82) is 0 Å². The average Bonchev–Trinajstić information content (AvgIpc) is 2.56. The first-order chi connectivity index (χ1) is 11.5. The Morgan fingerprint density at radius 3 is 2.62 bits per heavy atom. The molecule has 0 bridgehead atoms. The number of aromatic carboxylic acids is 1. The number of anilines is 1. The van der Waals surface area contributed by atoms with Crippen molar-refractivity contribution in [2.45, 2.75) is 20.4 Å². The monoisotopic (exact) mass is 349 g/mol. The molecule has 0 atom stereocenters. The van der Waals surface area contributed by atoms with Gasteiger partial charge in [0.15, 0.2) is 11.5 Å². The van der Waals surface area contributed by atoms with Gasteiger partial charge in [0.1, 0.15) is 0 Å². The molecule has 0 saturated heterocycles. The van der Waals surface area contributed by atoms with Crippen molar-refractivity contribution >= 4 is 23.3 Å². The summed E-state index contributed by atoms with van der Waals surface area (Å²) in [6.45, 7) is 4.76. The van der Waals surface area contributed by atoms with Crippen LogP contribution in [-0.4, -0.2) is 24.8 Å². The summed E-state index contributed by atoms with van der Waals surface area (Å²) in [4.78, 5) is 11.1. The molecular weight excluding hydrogens is 330 g/mol. The Kier molecular flexibility index (Phi) is 5.93. The van der Waals surface area contributed by atoms with E-state index < -0.39 is 5.97 Å². The van der Waals surface area contributed by atoms with Crippen LogP contribution in [-0.2, 0) is 6.54 Å². The van der Waals surface area contributed by atoms with Gasteiger partial charge < -0.3 is 19.9 Å². The van der Waals surface area contributed by atoms with Crippen LogP contribution in [0.3, 0.4) is 0 Å². The van der Waals surface area contributed by atoms with E-state index in [9.17, 15) is 4.79 Å². The van der Waals surface area contributed by atoms with Gasteiger partial charge in [-0.05, 0) is 43.2 Å². The number of benzene rings is 2. The lowest BCUT2D eigenvalue weighted by molar-refractivity contribution is 0.0697. The zero-order valence-electron chi connectivity index (χ0n) is 13.9. The zero-order valence-corrected chi connectivity index (χ0v) is 14.6. The molecule has 5 nitrogen and oxygen atoms in total. The van der Waals surface area contributed by atoms with E-state index in [1.54, 1.807) is 31.4 Å². The van der Waals surface area contributed by atoms with E-state index in [1.165, 1.54) is 0 Å². The summed E-state index contributed by atoms with van der Waals surface area (Å²) in [6, 6.07) is 8.50. The number of hydrogen-bond acceptors (Lipinski definition) is 4. The van der Waals surface area contributed by atoms with E-state index >= 15 is 0 Å². The first-order valence-electron chi connectivity index (χ1n) is 7.53. The van der Waals surface area contributed by atoms with Crippen molar-refractivity contribution in [2.24, 2.45) is 0 Å². The molecule has 0 spiro atoms. The van der Waals surface area contributed by atoms with Gasteiger partial charge in [0.2, 0.25) is 0 Å². The van der Waals surface area contributed by atoms with Crippen molar-refractivity contribution in [2.75, 3.05) is 19.0 Å². The number of rotatable bonds is 7. The van der Waals surface area contributed by atoms with Crippen molar-refractivity contribution in [3.8, 4) is 11.5 Å². The molecular formula is C18H20ClNO4. The third-order valence-corrected chi connectivity index (χ3v) is 3.94. The van der Waals surface area contributed by atoms with Gasteiger partial charge in [0.05, 0.1) is 19.3 Å². The maximum atomic E-state index is 11.1. The molecule has 0 aliphatic carbocycles. The van der Waals surface area contributed by atoms with Gasteiger partial charge in [-0.25, -0.2) is 4.79 Å². The SMILES string of the molecule is CCOc1cc(CNc2cc(C(=O)O)ccc2C)c(Cl)cc1OC. The molecule has 2 aromatic rings. The third kappa shape index (κ3) is 4.11. The summed E-state index contributed by atoms with van der Waals surface area (Å²) in [6.07, 6.45) is 0. The molecule has 0 amide bonds. The first-order valence-corrected chi connectivity index (χ1v) is 7.91. The van der Waals surface area contributed by atoms with Gasteiger partial charge in [-0.3, -0.25) is 0 Å². The normalized spacial score (nSPS) is 10.3. The van der Waals surface area contributed by atoms with Gasteiger partial charge >= 0.3 is 5.97 Å². The maximum absolute atomic E-state index is 11.1. The van der Waals surface area contributed by atoms with Gasteiger partial charge in [-0.15, -0.1) is 0 Å². The van der Waals surface area contributed by atoms with Gasteiger partial charge in [0, 0.05) is 23.3 Å². The number of ether oxygens (including phenoxy) is 2. The minimum Gasteiger partial charge on any atom is -0.493 e. The number of aryl methyl sites for hydroxylation is 1. The lowest BCUT2D eigenvalue weighted by Crippen LogP contribution is -2.05. The molecule has 0 aliphatic heterocycles. The van der Waals surface area contributed by atoms with E-state index in [-0.39, 0.29) is 5.56 Å². The Hall–Kier alpha value is -2.40. The predicted molar refractivity (Wildman–Crippen MR) is 94.6 cm³/mol. The second-order valence-electron chi connectivity index (χ2n) is 5.22. The molecule has 0 saturated carbocycles. The Balaban J connectivity index is 2.24. The van der Waals surface area contributed by atoms with Gasteiger partial charge in [-0.2, -0.15) is 0 Å². The molecule has 2 aromatic carbocycles. The van der Waals surface area contributed by atoms with Crippen LogP contribution >= 0.6 is 11.6 Å². The van der Waals surface area contributed by atoms with E-state index in [4.69, 9.17) is 26.2 Å². The number of carbonyl (C=O) groups is 1. The lowest BCUT2D eigenvalue weighted by atomic mass is 10.1. The van der Waals surface area contributed by atoms with Crippen LogP contribution in [0.2, 0.25) is 5.02 Å². The number of halogens is 1. The highest BCUT2D eigenvalue weighted by atomic mass is 35.5. The predicted octanol–water partition coefficient (Wildman–Crippen LogP) is 4.37. The topological polar surface area (TPSA) is 67.8 Å². The van der Waals surface area contributed by atoms with Crippen LogP contribution < -0.4 is 14.8 Å². The summed E-state index contributed by atoms with van der Waals surface area (Å²) >= 11 is 6.30. The standard InChI is InChI=1S/C18H20ClNO4/c1-4-24-17-8-13(14(19)9-16(17)23-3)10-20-15-7-12(18(21)22)6-5-11(15)2/h5-9,20H,4,10H2,1-3H3,(H,21,22). The van der Waals surface area contributed by atoms with E-state index in [0.717, 1.165) is 16.8 Å². The molecule has 24 heavy (non-hydrogen) atoms. The van der Waals surface area contributed by atoms with Crippen LogP contribution in [0.1, 0.15) is 28.4 Å². The minimum absolute atomic E-state index is 0.235. The van der Waals surface area contributed by atoms with Crippen LogP contribution in [0, 0.1) is 6.92 Å². The number of methoxy groups -OCH3 is 1. The molecule has 2 N–H and O–H groups in total. The summed E-state index contributed by atoms with van der Waals surface area (Å²) in [5.74, 6) is 0.242. The fourth-order valence-corrected chi connectivity index (χ4v) is 2.50. The Morgan fingerprint density at radius 2 is 2.00 bits per heavy atom. The molecule has 128 valence electrons. The fraction of sp³-hybridized carbons (Fsp3) is 0.278. The minimum atomic E-state index is -0.959. The van der Waals surface area contributed by atoms with Crippen LogP contribution in [0.15, 0.2) is 30.3 Å². The highest BCUT2D eigenvalue weighted by molar-refractivity contribution is 6.31. The molecule has 0 heterocycles. The Morgan fingerprint density at radius 1 is 1.25 bits per heavy atom. The molecule has 0 unspecified atom stereocenters. The lowest BCUT2D eigenvalue weighted by Gasteiger charge is -2.15. The van der Waals surface area contributed by atoms with Crippen LogP contribution in [0.25, 0.3) is 0 Å². The second-order valence-corrected chi connectivity index (χ2v) is 5.62. The van der Waals surface area contributed by atoms with Gasteiger partial charge in [0.25, 0.3) is 0 Å². The Labute approximate surface area is 146 Å². The molecule has 6 heteroatoms. The third-order valence-electron chi connectivity index (χ3n) is 3.59. The smallest absolute Gasteiger partial charge is 0.335 e. The summed E-state index contributed by atoms with van der Waals surface area (Å²) in [5.41, 5.74) is 2.77. The maximum Gasteiger partial charge on any atom is 0.335 e. The first kappa shape index (κ1) is 17.9. The van der Waals surface area contributed by atoms with E-state index in [0.29, 0.717) is 29.7 Å². The Bertz CT molecular complexity index is 746. The molecule has 0 aromatic heterocycles. The number of hydrogen-bond donors (Lipinski definition) is 2. The molecule has 0 aliphatic rings. The van der Waals surface area contributed by atoms with E-state index in [1.807, 2.05) is 19.9 Å². The fourth-order valence-electron chi connectivity index (χ4n) is 2.28. The van der Waals surface area contributed by atoms with Crippen molar-refractivity contribution in [1.82, 2.24) is 0 Å². The zero-order chi connectivity index (χ0) is 17.7. The molecule has 0 fully saturated rings. The van der Waals surface area contributed by atoms with Crippen molar-refractivity contribution in [3.63, 3.8) is 0 Å². The number of carboxylic acid groups (broad SMARTS) is 1.